The van der Waals surface area contributed by atoms with Gasteiger partial charge in [-0.2, -0.15) is 0 Å². The van der Waals surface area contributed by atoms with Crippen LogP contribution >= 0.6 is 23.2 Å². The monoisotopic (exact) mass is 257 g/mol. The third-order valence-corrected chi connectivity index (χ3v) is 2.97. The van der Waals surface area contributed by atoms with Gasteiger partial charge in [0.25, 0.3) is 0 Å². The zero-order valence-electron chi connectivity index (χ0n) is 7.75. The molecule has 0 saturated carbocycles. The third kappa shape index (κ3) is 1.56. The fourth-order valence-corrected chi connectivity index (χ4v) is 1.81. The van der Waals surface area contributed by atoms with Crippen molar-refractivity contribution in [2.45, 2.75) is 0 Å². The molecule has 0 fully saturated rings. The molecule has 1 aromatic heterocycles. The molecule has 2 rings (SSSR count). The second-order valence-electron chi connectivity index (χ2n) is 3.12. The van der Waals surface area contributed by atoms with Gasteiger partial charge in [-0.3, -0.25) is 4.79 Å². The van der Waals surface area contributed by atoms with Gasteiger partial charge < -0.3 is 10.1 Å². The maximum atomic E-state index is 11.8. The summed E-state index contributed by atoms with van der Waals surface area (Å²) in [5.41, 5.74) is -0.560. The van der Waals surface area contributed by atoms with Crippen LogP contribution in [0.4, 0.5) is 0 Å². The Morgan fingerprint density at radius 3 is 2.62 bits per heavy atom. The van der Waals surface area contributed by atoms with Gasteiger partial charge in [-0.25, -0.2) is 4.79 Å². The van der Waals surface area contributed by atoms with E-state index in [0.717, 1.165) is 6.20 Å². The third-order valence-electron chi connectivity index (χ3n) is 2.17. The minimum Gasteiger partial charge on any atom is -0.477 e. The van der Waals surface area contributed by atoms with Crippen molar-refractivity contribution in [3.63, 3.8) is 0 Å². The Labute approximate surface area is 99.4 Å². The maximum Gasteiger partial charge on any atom is 0.341 e. The molecule has 2 aromatic rings. The summed E-state index contributed by atoms with van der Waals surface area (Å²) in [5.74, 6) is -1.31. The summed E-state index contributed by atoms with van der Waals surface area (Å²) in [6.07, 6.45) is 1.14. The maximum absolute atomic E-state index is 11.8. The molecule has 0 amide bonds. The molecule has 16 heavy (non-hydrogen) atoms. The smallest absolute Gasteiger partial charge is 0.341 e. The first kappa shape index (κ1) is 11.0. The van der Waals surface area contributed by atoms with E-state index in [1.807, 2.05) is 0 Å². The van der Waals surface area contributed by atoms with E-state index in [-0.39, 0.29) is 21.0 Å². The highest BCUT2D eigenvalue weighted by molar-refractivity contribution is 6.45. The number of rotatable bonds is 1. The van der Waals surface area contributed by atoms with Crippen molar-refractivity contribution < 1.29 is 9.90 Å². The Morgan fingerprint density at radius 1 is 1.31 bits per heavy atom. The molecule has 0 saturated heterocycles. The normalized spacial score (nSPS) is 10.6. The molecule has 82 valence electrons. The highest BCUT2D eigenvalue weighted by atomic mass is 35.5. The zero-order chi connectivity index (χ0) is 11.9. The molecule has 0 atom stereocenters. The number of fused-ring (bicyclic) bond motifs is 1. The van der Waals surface area contributed by atoms with E-state index >= 15 is 0 Å². The molecule has 4 nitrogen and oxygen atoms in total. The average Bonchev–Trinajstić information content (AvgIpc) is 2.23. The van der Waals surface area contributed by atoms with Crippen molar-refractivity contribution in [3.8, 4) is 0 Å². The first-order valence-corrected chi connectivity index (χ1v) is 5.00. The number of H-pyrrole nitrogens is 1. The number of pyridine rings is 1. The number of aromatic nitrogens is 1. The predicted octanol–water partition coefficient (Wildman–Crippen LogP) is 2.53. The molecular formula is C10H5Cl2NO3. The highest BCUT2D eigenvalue weighted by Gasteiger charge is 2.14. The number of halogens is 2. The number of hydrogen-bond donors (Lipinski definition) is 2. The SMILES string of the molecule is O=C(O)c1c[nH]c2ccc(Cl)c(Cl)c2c1=O. The van der Waals surface area contributed by atoms with Crippen LogP contribution in [0.3, 0.4) is 0 Å². The van der Waals surface area contributed by atoms with Crippen molar-refractivity contribution in [2.24, 2.45) is 0 Å². The van der Waals surface area contributed by atoms with Crippen LogP contribution in [-0.4, -0.2) is 16.1 Å². The van der Waals surface area contributed by atoms with Crippen molar-refractivity contribution >= 4 is 40.1 Å². The second-order valence-corrected chi connectivity index (χ2v) is 3.91. The van der Waals surface area contributed by atoms with E-state index in [4.69, 9.17) is 28.3 Å². The van der Waals surface area contributed by atoms with Gasteiger partial charge in [0, 0.05) is 6.20 Å². The van der Waals surface area contributed by atoms with E-state index in [1.54, 1.807) is 6.07 Å². The van der Waals surface area contributed by atoms with Gasteiger partial charge in [-0.1, -0.05) is 23.2 Å². The highest BCUT2D eigenvalue weighted by Crippen LogP contribution is 2.27. The first-order valence-electron chi connectivity index (χ1n) is 4.25. The fourth-order valence-electron chi connectivity index (χ4n) is 1.40. The number of benzene rings is 1. The Kier molecular flexibility index (Phi) is 2.61. The summed E-state index contributed by atoms with van der Waals surface area (Å²) >= 11 is 11.6. The van der Waals surface area contributed by atoms with Gasteiger partial charge in [0.1, 0.15) is 5.56 Å². The lowest BCUT2D eigenvalue weighted by Crippen LogP contribution is -2.15. The Balaban J connectivity index is 2.98. The lowest BCUT2D eigenvalue weighted by atomic mass is 10.1. The van der Waals surface area contributed by atoms with Crippen LogP contribution in [0.15, 0.2) is 23.1 Å². The van der Waals surface area contributed by atoms with Gasteiger partial charge in [-0.05, 0) is 12.1 Å². The molecule has 0 bridgehead atoms. The molecule has 0 spiro atoms. The van der Waals surface area contributed by atoms with Gasteiger partial charge in [0.05, 0.1) is 20.9 Å². The summed E-state index contributed by atoms with van der Waals surface area (Å²) in [7, 11) is 0. The molecule has 0 aliphatic heterocycles. The number of carbonyl (C=O) groups is 1. The number of carboxylic acid groups (broad SMARTS) is 1. The lowest BCUT2D eigenvalue weighted by molar-refractivity contribution is 0.0695. The Morgan fingerprint density at radius 2 is 2.00 bits per heavy atom. The first-order chi connectivity index (χ1) is 7.52. The van der Waals surface area contributed by atoms with Crippen LogP contribution in [0.25, 0.3) is 10.9 Å². The fraction of sp³-hybridized carbons (Fsp3) is 0. The molecule has 2 N–H and O–H groups in total. The van der Waals surface area contributed by atoms with E-state index in [9.17, 15) is 9.59 Å². The predicted molar refractivity (Wildman–Crippen MR) is 61.5 cm³/mol. The van der Waals surface area contributed by atoms with Crippen LogP contribution in [-0.2, 0) is 0 Å². The van der Waals surface area contributed by atoms with Crippen molar-refractivity contribution in [2.75, 3.05) is 0 Å². The number of aromatic carboxylic acids is 1. The second kappa shape index (κ2) is 3.81. The van der Waals surface area contributed by atoms with Crippen molar-refractivity contribution in [1.29, 1.82) is 0 Å². The minimum atomic E-state index is -1.31. The summed E-state index contributed by atoms with van der Waals surface area (Å²) in [6, 6.07) is 3.10. The Hall–Kier alpha value is -1.52. The van der Waals surface area contributed by atoms with Gasteiger partial charge in [-0.15, -0.1) is 0 Å². The minimum absolute atomic E-state index is 0.0588. The average molecular weight is 258 g/mol. The Bertz CT molecular complexity index is 648. The van der Waals surface area contributed by atoms with Crippen LogP contribution in [0.1, 0.15) is 10.4 Å². The van der Waals surface area contributed by atoms with Gasteiger partial charge in [0.15, 0.2) is 0 Å². The summed E-state index contributed by atoms with van der Waals surface area (Å²) in [6.45, 7) is 0. The summed E-state index contributed by atoms with van der Waals surface area (Å²) < 4.78 is 0. The molecule has 0 radical (unpaired) electrons. The van der Waals surface area contributed by atoms with Gasteiger partial charge >= 0.3 is 5.97 Å². The number of carboxylic acids is 1. The zero-order valence-corrected chi connectivity index (χ0v) is 9.26. The molecule has 0 aliphatic carbocycles. The van der Waals surface area contributed by atoms with Crippen molar-refractivity contribution in [3.05, 3.63) is 44.2 Å². The van der Waals surface area contributed by atoms with Crippen LogP contribution in [0.2, 0.25) is 10.0 Å². The molecule has 1 heterocycles. The van der Waals surface area contributed by atoms with E-state index in [1.165, 1.54) is 6.07 Å². The van der Waals surface area contributed by atoms with Gasteiger partial charge in [0.2, 0.25) is 5.43 Å². The molecule has 0 aliphatic rings. The molecule has 6 heteroatoms. The quantitative estimate of drug-likeness (QED) is 0.825. The molecule has 1 aromatic carbocycles. The summed E-state index contributed by atoms with van der Waals surface area (Å²) in [5, 5.41) is 9.15. The van der Waals surface area contributed by atoms with E-state index in [2.05, 4.69) is 4.98 Å². The van der Waals surface area contributed by atoms with Crippen LogP contribution < -0.4 is 5.43 Å². The van der Waals surface area contributed by atoms with Crippen molar-refractivity contribution in [1.82, 2.24) is 4.98 Å². The largest absolute Gasteiger partial charge is 0.477 e. The van der Waals surface area contributed by atoms with E-state index < -0.39 is 11.4 Å². The number of nitrogens with one attached hydrogen (secondary N) is 1. The number of aromatic amines is 1. The lowest BCUT2D eigenvalue weighted by Gasteiger charge is -2.03. The van der Waals surface area contributed by atoms with Crippen LogP contribution in [0.5, 0.6) is 0 Å². The van der Waals surface area contributed by atoms with E-state index in [0.29, 0.717) is 5.52 Å². The standard InChI is InChI=1S/C10H5Cl2NO3/c11-5-1-2-6-7(8(5)12)9(14)4(3-13-6)10(15)16/h1-3H,(H,13,14)(H,15,16). The number of hydrogen-bond acceptors (Lipinski definition) is 2. The summed E-state index contributed by atoms with van der Waals surface area (Å²) in [4.78, 5) is 25.3. The molecule has 0 unspecified atom stereocenters. The topological polar surface area (TPSA) is 70.2 Å². The molecular weight excluding hydrogens is 253 g/mol. The van der Waals surface area contributed by atoms with Crippen LogP contribution in [0, 0.1) is 0 Å².